The maximum atomic E-state index is 11.1. The SMILES string of the molecule is Nc1ccc(CN2CCCCC2)c(C(=O)O)c1. The molecule has 0 aromatic heterocycles. The molecule has 0 unspecified atom stereocenters. The monoisotopic (exact) mass is 234 g/mol. The first-order valence-electron chi connectivity index (χ1n) is 6.01. The highest BCUT2D eigenvalue weighted by Crippen LogP contribution is 2.18. The summed E-state index contributed by atoms with van der Waals surface area (Å²) in [7, 11) is 0. The van der Waals surface area contributed by atoms with Crippen LogP contribution in [0.3, 0.4) is 0 Å². The summed E-state index contributed by atoms with van der Waals surface area (Å²) in [4.78, 5) is 13.4. The molecule has 0 spiro atoms. The molecule has 1 aliphatic heterocycles. The number of carboxylic acid groups (broad SMARTS) is 1. The van der Waals surface area contributed by atoms with E-state index in [1.165, 1.54) is 19.3 Å². The summed E-state index contributed by atoms with van der Waals surface area (Å²) in [5.41, 5.74) is 7.31. The van der Waals surface area contributed by atoms with E-state index in [-0.39, 0.29) is 0 Å². The third-order valence-electron chi connectivity index (χ3n) is 3.21. The zero-order chi connectivity index (χ0) is 12.3. The summed E-state index contributed by atoms with van der Waals surface area (Å²) in [6.07, 6.45) is 3.69. The standard InChI is InChI=1S/C13H18N2O2/c14-11-5-4-10(12(8-11)13(16)17)9-15-6-2-1-3-7-15/h4-5,8H,1-3,6-7,9,14H2,(H,16,17). The summed E-state index contributed by atoms with van der Waals surface area (Å²) in [5.74, 6) is -0.899. The van der Waals surface area contributed by atoms with E-state index in [0.717, 1.165) is 18.7 Å². The Balaban J connectivity index is 2.16. The van der Waals surface area contributed by atoms with Crippen LogP contribution in [-0.2, 0) is 6.54 Å². The summed E-state index contributed by atoms with van der Waals surface area (Å²) in [6, 6.07) is 5.14. The van der Waals surface area contributed by atoms with Gasteiger partial charge < -0.3 is 10.8 Å². The van der Waals surface area contributed by atoms with Crippen molar-refractivity contribution in [3.8, 4) is 0 Å². The van der Waals surface area contributed by atoms with Crippen molar-refractivity contribution in [2.45, 2.75) is 25.8 Å². The van der Waals surface area contributed by atoms with E-state index in [1.807, 2.05) is 6.07 Å². The molecule has 4 heteroatoms. The lowest BCUT2D eigenvalue weighted by Crippen LogP contribution is -2.29. The maximum Gasteiger partial charge on any atom is 0.336 e. The largest absolute Gasteiger partial charge is 0.478 e. The van der Waals surface area contributed by atoms with Gasteiger partial charge in [-0.15, -0.1) is 0 Å². The molecule has 17 heavy (non-hydrogen) atoms. The highest BCUT2D eigenvalue weighted by Gasteiger charge is 2.15. The molecular formula is C13H18N2O2. The van der Waals surface area contributed by atoms with Crippen molar-refractivity contribution in [1.29, 1.82) is 0 Å². The van der Waals surface area contributed by atoms with Crippen LogP contribution in [0.15, 0.2) is 18.2 Å². The van der Waals surface area contributed by atoms with Crippen LogP contribution in [0.4, 0.5) is 5.69 Å². The first-order chi connectivity index (χ1) is 8.16. The van der Waals surface area contributed by atoms with Crippen molar-refractivity contribution in [3.63, 3.8) is 0 Å². The number of hydrogen-bond acceptors (Lipinski definition) is 3. The number of anilines is 1. The molecule has 3 N–H and O–H groups in total. The Hall–Kier alpha value is -1.55. The van der Waals surface area contributed by atoms with Gasteiger partial charge in [0.2, 0.25) is 0 Å². The van der Waals surface area contributed by atoms with Crippen LogP contribution in [0.1, 0.15) is 35.2 Å². The summed E-state index contributed by atoms with van der Waals surface area (Å²) in [6.45, 7) is 2.83. The molecule has 0 saturated carbocycles. The van der Waals surface area contributed by atoms with Crippen LogP contribution in [-0.4, -0.2) is 29.1 Å². The van der Waals surface area contributed by atoms with Gasteiger partial charge in [0.05, 0.1) is 5.56 Å². The molecule has 92 valence electrons. The highest BCUT2D eigenvalue weighted by atomic mass is 16.4. The molecule has 1 aromatic carbocycles. The fourth-order valence-corrected chi connectivity index (χ4v) is 2.29. The van der Waals surface area contributed by atoms with Crippen LogP contribution in [0, 0.1) is 0 Å². The first kappa shape index (κ1) is 11.9. The molecule has 1 saturated heterocycles. The Labute approximate surface area is 101 Å². The van der Waals surface area contributed by atoms with E-state index in [0.29, 0.717) is 17.8 Å². The topological polar surface area (TPSA) is 66.6 Å². The number of rotatable bonds is 3. The van der Waals surface area contributed by atoms with E-state index in [2.05, 4.69) is 4.90 Å². The van der Waals surface area contributed by atoms with Gasteiger partial charge in [-0.3, -0.25) is 4.90 Å². The van der Waals surface area contributed by atoms with E-state index < -0.39 is 5.97 Å². The minimum absolute atomic E-state index is 0.329. The number of hydrogen-bond donors (Lipinski definition) is 2. The molecule has 1 heterocycles. The van der Waals surface area contributed by atoms with E-state index >= 15 is 0 Å². The number of aromatic carboxylic acids is 1. The molecule has 4 nitrogen and oxygen atoms in total. The van der Waals surface area contributed by atoms with Crippen LogP contribution < -0.4 is 5.73 Å². The average Bonchev–Trinajstić information content (AvgIpc) is 2.32. The van der Waals surface area contributed by atoms with Gasteiger partial charge in [0.15, 0.2) is 0 Å². The van der Waals surface area contributed by atoms with Gasteiger partial charge in [-0.25, -0.2) is 4.79 Å². The fraction of sp³-hybridized carbons (Fsp3) is 0.462. The Bertz CT molecular complexity index is 412. The zero-order valence-electron chi connectivity index (χ0n) is 9.85. The molecule has 1 aliphatic rings. The molecule has 0 aliphatic carbocycles. The first-order valence-corrected chi connectivity index (χ1v) is 6.01. The third kappa shape index (κ3) is 2.97. The second kappa shape index (κ2) is 5.19. The predicted molar refractivity (Wildman–Crippen MR) is 66.9 cm³/mol. The highest BCUT2D eigenvalue weighted by molar-refractivity contribution is 5.90. The van der Waals surface area contributed by atoms with Crippen molar-refractivity contribution in [3.05, 3.63) is 29.3 Å². The lowest BCUT2D eigenvalue weighted by molar-refractivity contribution is 0.0694. The third-order valence-corrected chi connectivity index (χ3v) is 3.21. The second-order valence-electron chi connectivity index (χ2n) is 4.56. The Kier molecular flexibility index (Phi) is 3.64. The second-order valence-corrected chi connectivity index (χ2v) is 4.56. The number of carbonyl (C=O) groups is 1. The average molecular weight is 234 g/mol. The number of nitrogens with two attached hydrogens (primary N) is 1. The van der Waals surface area contributed by atoms with Crippen LogP contribution in [0.25, 0.3) is 0 Å². The van der Waals surface area contributed by atoms with Crippen molar-refractivity contribution in [2.24, 2.45) is 0 Å². The smallest absolute Gasteiger partial charge is 0.336 e. The van der Waals surface area contributed by atoms with Crippen molar-refractivity contribution < 1.29 is 9.90 Å². The number of carboxylic acids is 1. The van der Waals surface area contributed by atoms with Gasteiger partial charge in [0, 0.05) is 12.2 Å². The number of nitrogen functional groups attached to an aromatic ring is 1. The van der Waals surface area contributed by atoms with Crippen LogP contribution in [0.5, 0.6) is 0 Å². The molecule has 0 bridgehead atoms. The normalized spacial score (nSPS) is 16.9. The Morgan fingerprint density at radius 1 is 1.29 bits per heavy atom. The number of nitrogens with zero attached hydrogens (tertiary/aromatic N) is 1. The summed E-state index contributed by atoms with van der Waals surface area (Å²) >= 11 is 0. The molecule has 0 amide bonds. The van der Waals surface area contributed by atoms with E-state index in [4.69, 9.17) is 10.8 Å². The molecular weight excluding hydrogens is 216 g/mol. The van der Waals surface area contributed by atoms with Gasteiger partial charge in [-0.05, 0) is 43.6 Å². The molecule has 1 fully saturated rings. The van der Waals surface area contributed by atoms with Crippen molar-refractivity contribution in [1.82, 2.24) is 4.90 Å². The van der Waals surface area contributed by atoms with Crippen molar-refractivity contribution in [2.75, 3.05) is 18.8 Å². The molecule has 1 aromatic rings. The number of piperidine rings is 1. The summed E-state index contributed by atoms with van der Waals surface area (Å²) < 4.78 is 0. The molecule has 2 rings (SSSR count). The van der Waals surface area contributed by atoms with Gasteiger partial charge >= 0.3 is 5.97 Å². The maximum absolute atomic E-state index is 11.1. The summed E-state index contributed by atoms with van der Waals surface area (Å²) in [5, 5.41) is 9.15. The minimum atomic E-state index is -0.899. The number of likely N-dealkylation sites (tertiary alicyclic amines) is 1. The van der Waals surface area contributed by atoms with Crippen molar-refractivity contribution >= 4 is 11.7 Å². The van der Waals surface area contributed by atoms with Gasteiger partial charge in [0.1, 0.15) is 0 Å². The van der Waals surface area contributed by atoms with Gasteiger partial charge in [0.25, 0.3) is 0 Å². The Morgan fingerprint density at radius 3 is 2.65 bits per heavy atom. The quantitative estimate of drug-likeness (QED) is 0.784. The minimum Gasteiger partial charge on any atom is -0.478 e. The lowest BCUT2D eigenvalue weighted by atomic mass is 10.0. The lowest BCUT2D eigenvalue weighted by Gasteiger charge is -2.26. The zero-order valence-corrected chi connectivity index (χ0v) is 9.85. The fourth-order valence-electron chi connectivity index (χ4n) is 2.29. The van der Waals surface area contributed by atoms with Crippen LogP contribution >= 0.6 is 0 Å². The molecule has 0 atom stereocenters. The Morgan fingerprint density at radius 2 is 2.00 bits per heavy atom. The number of benzene rings is 1. The van der Waals surface area contributed by atoms with Gasteiger partial charge in [-0.1, -0.05) is 12.5 Å². The van der Waals surface area contributed by atoms with Gasteiger partial charge in [-0.2, -0.15) is 0 Å². The van der Waals surface area contributed by atoms with Crippen LogP contribution in [0.2, 0.25) is 0 Å². The molecule has 0 radical (unpaired) electrons. The van der Waals surface area contributed by atoms with E-state index in [1.54, 1.807) is 12.1 Å². The predicted octanol–water partition coefficient (Wildman–Crippen LogP) is 1.95. The van der Waals surface area contributed by atoms with E-state index in [9.17, 15) is 4.79 Å².